The molecule has 2 heterocycles. The number of methoxy groups -OCH3 is 2. The summed E-state index contributed by atoms with van der Waals surface area (Å²) < 4.78 is 10.7. The molecule has 4 rings (SSSR count). The Labute approximate surface area is 184 Å². The van der Waals surface area contributed by atoms with Crippen molar-refractivity contribution >= 4 is 17.3 Å². The molecule has 2 aromatic rings. The van der Waals surface area contributed by atoms with Gasteiger partial charge in [0.1, 0.15) is 11.5 Å². The second-order valence-electron chi connectivity index (χ2n) is 8.00. The van der Waals surface area contributed by atoms with Crippen molar-refractivity contribution in [1.82, 2.24) is 9.80 Å². The molecule has 0 radical (unpaired) electrons. The summed E-state index contributed by atoms with van der Waals surface area (Å²) in [5.41, 5.74) is 2.31. The van der Waals surface area contributed by atoms with E-state index in [-0.39, 0.29) is 5.91 Å². The molecule has 0 spiro atoms. The van der Waals surface area contributed by atoms with Gasteiger partial charge in [-0.15, -0.1) is 0 Å². The first kappa shape index (κ1) is 21.3. The highest BCUT2D eigenvalue weighted by Gasteiger charge is 2.25. The number of ether oxygens (including phenoxy) is 2. The van der Waals surface area contributed by atoms with Crippen molar-refractivity contribution in [2.75, 3.05) is 82.9 Å². The van der Waals surface area contributed by atoms with E-state index in [9.17, 15) is 4.79 Å². The number of amides is 1. The number of hydrogen-bond donors (Lipinski definition) is 0. The molecule has 0 atom stereocenters. The molecule has 7 nitrogen and oxygen atoms in total. The zero-order valence-electron chi connectivity index (χ0n) is 18.5. The predicted molar refractivity (Wildman–Crippen MR) is 123 cm³/mol. The zero-order chi connectivity index (χ0) is 21.6. The molecule has 2 fully saturated rings. The van der Waals surface area contributed by atoms with Crippen molar-refractivity contribution in [3.05, 3.63) is 48.5 Å². The number of rotatable bonds is 6. The predicted octanol–water partition coefficient (Wildman–Crippen LogP) is 2.17. The third-order valence-corrected chi connectivity index (χ3v) is 6.23. The molecule has 166 valence electrons. The lowest BCUT2D eigenvalue weighted by atomic mass is 10.2. The number of piperazine rings is 2. The zero-order valence-corrected chi connectivity index (χ0v) is 18.5. The SMILES string of the molecule is COc1ccc(N2CCN(C(=O)CN3CCN(c4ccccc4OC)CC3)CC2)cc1. The molecule has 2 aromatic carbocycles. The molecule has 0 aromatic heterocycles. The molecule has 0 bridgehead atoms. The third kappa shape index (κ3) is 5.05. The van der Waals surface area contributed by atoms with Gasteiger partial charge in [-0.25, -0.2) is 0 Å². The van der Waals surface area contributed by atoms with E-state index in [0.29, 0.717) is 6.54 Å². The average molecular weight is 425 g/mol. The monoisotopic (exact) mass is 424 g/mol. The molecule has 31 heavy (non-hydrogen) atoms. The van der Waals surface area contributed by atoms with Crippen LogP contribution in [-0.2, 0) is 4.79 Å². The number of anilines is 2. The Hall–Kier alpha value is -2.93. The Morgan fingerprint density at radius 3 is 2.06 bits per heavy atom. The van der Waals surface area contributed by atoms with E-state index in [1.54, 1.807) is 14.2 Å². The fourth-order valence-corrected chi connectivity index (χ4v) is 4.34. The Morgan fingerprint density at radius 1 is 0.774 bits per heavy atom. The maximum Gasteiger partial charge on any atom is 0.236 e. The van der Waals surface area contributed by atoms with Crippen molar-refractivity contribution in [2.45, 2.75) is 0 Å². The number of carbonyl (C=O) groups excluding carboxylic acids is 1. The largest absolute Gasteiger partial charge is 0.497 e. The smallest absolute Gasteiger partial charge is 0.236 e. The van der Waals surface area contributed by atoms with Gasteiger partial charge in [-0.3, -0.25) is 9.69 Å². The number of benzene rings is 2. The summed E-state index contributed by atoms with van der Waals surface area (Å²) in [6.45, 7) is 7.34. The lowest BCUT2D eigenvalue weighted by Gasteiger charge is -2.39. The number of para-hydroxylation sites is 2. The summed E-state index contributed by atoms with van der Waals surface area (Å²) in [6.07, 6.45) is 0. The highest BCUT2D eigenvalue weighted by Crippen LogP contribution is 2.28. The fraction of sp³-hybridized carbons (Fsp3) is 0.458. The normalized spacial score (nSPS) is 17.5. The maximum absolute atomic E-state index is 12.9. The topological polar surface area (TPSA) is 48.5 Å². The Kier molecular flexibility index (Phi) is 6.82. The number of carbonyl (C=O) groups is 1. The first-order valence-electron chi connectivity index (χ1n) is 10.9. The molecule has 0 unspecified atom stereocenters. The van der Waals surface area contributed by atoms with E-state index in [0.717, 1.165) is 69.5 Å². The minimum absolute atomic E-state index is 0.236. The third-order valence-electron chi connectivity index (χ3n) is 6.23. The highest BCUT2D eigenvalue weighted by molar-refractivity contribution is 5.78. The maximum atomic E-state index is 12.9. The summed E-state index contributed by atoms with van der Waals surface area (Å²) in [5.74, 6) is 2.00. The van der Waals surface area contributed by atoms with Crippen LogP contribution >= 0.6 is 0 Å². The first-order chi connectivity index (χ1) is 15.2. The molecular weight excluding hydrogens is 392 g/mol. The second-order valence-corrected chi connectivity index (χ2v) is 8.00. The van der Waals surface area contributed by atoms with Crippen LogP contribution in [0.25, 0.3) is 0 Å². The van der Waals surface area contributed by atoms with Gasteiger partial charge in [0.15, 0.2) is 0 Å². The molecule has 2 saturated heterocycles. The summed E-state index contributed by atoms with van der Waals surface area (Å²) in [7, 11) is 3.39. The summed E-state index contributed by atoms with van der Waals surface area (Å²) in [4.78, 5) is 21.8. The van der Waals surface area contributed by atoms with Gasteiger partial charge in [0.25, 0.3) is 0 Å². The van der Waals surface area contributed by atoms with Crippen LogP contribution in [0.3, 0.4) is 0 Å². The van der Waals surface area contributed by atoms with E-state index < -0.39 is 0 Å². The van der Waals surface area contributed by atoms with Crippen LogP contribution in [0.4, 0.5) is 11.4 Å². The molecule has 7 heteroatoms. The van der Waals surface area contributed by atoms with Gasteiger partial charge in [-0.05, 0) is 36.4 Å². The number of nitrogens with zero attached hydrogens (tertiary/aromatic N) is 4. The van der Waals surface area contributed by atoms with E-state index in [2.05, 4.69) is 32.9 Å². The van der Waals surface area contributed by atoms with Crippen LogP contribution in [0, 0.1) is 0 Å². The molecule has 0 N–H and O–H groups in total. The Bertz CT molecular complexity index is 857. The Balaban J connectivity index is 1.23. The van der Waals surface area contributed by atoms with Gasteiger partial charge >= 0.3 is 0 Å². The molecule has 0 saturated carbocycles. The molecule has 1 amide bonds. The molecule has 0 aliphatic carbocycles. The highest BCUT2D eigenvalue weighted by atomic mass is 16.5. The van der Waals surface area contributed by atoms with Crippen LogP contribution in [0.2, 0.25) is 0 Å². The molecule has 2 aliphatic rings. The summed E-state index contributed by atoms with van der Waals surface area (Å²) in [5, 5.41) is 0. The van der Waals surface area contributed by atoms with Gasteiger partial charge in [0.05, 0.1) is 26.5 Å². The van der Waals surface area contributed by atoms with E-state index in [1.807, 2.05) is 35.2 Å². The van der Waals surface area contributed by atoms with E-state index in [1.165, 1.54) is 5.69 Å². The first-order valence-corrected chi connectivity index (χ1v) is 10.9. The van der Waals surface area contributed by atoms with Crippen molar-refractivity contribution in [2.24, 2.45) is 0 Å². The van der Waals surface area contributed by atoms with Crippen LogP contribution in [0.1, 0.15) is 0 Å². The van der Waals surface area contributed by atoms with Crippen molar-refractivity contribution < 1.29 is 14.3 Å². The van der Waals surface area contributed by atoms with Crippen LogP contribution in [-0.4, -0.2) is 88.8 Å². The van der Waals surface area contributed by atoms with E-state index >= 15 is 0 Å². The second kappa shape index (κ2) is 9.92. The quantitative estimate of drug-likeness (QED) is 0.709. The van der Waals surface area contributed by atoms with Gasteiger partial charge in [0.2, 0.25) is 5.91 Å². The van der Waals surface area contributed by atoms with Crippen molar-refractivity contribution in [3.63, 3.8) is 0 Å². The molecule has 2 aliphatic heterocycles. The van der Waals surface area contributed by atoms with Gasteiger partial charge < -0.3 is 24.2 Å². The van der Waals surface area contributed by atoms with Crippen LogP contribution < -0.4 is 19.3 Å². The van der Waals surface area contributed by atoms with Crippen LogP contribution in [0.5, 0.6) is 11.5 Å². The van der Waals surface area contributed by atoms with Crippen LogP contribution in [0.15, 0.2) is 48.5 Å². The van der Waals surface area contributed by atoms with Crippen molar-refractivity contribution in [1.29, 1.82) is 0 Å². The summed E-state index contributed by atoms with van der Waals surface area (Å²) >= 11 is 0. The van der Waals surface area contributed by atoms with Gasteiger partial charge in [0, 0.05) is 58.0 Å². The minimum Gasteiger partial charge on any atom is -0.497 e. The molecular formula is C24H32N4O3. The lowest BCUT2D eigenvalue weighted by Crippen LogP contribution is -2.54. The number of hydrogen-bond acceptors (Lipinski definition) is 6. The van der Waals surface area contributed by atoms with Gasteiger partial charge in [-0.2, -0.15) is 0 Å². The fourth-order valence-electron chi connectivity index (χ4n) is 4.34. The van der Waals surface area contributed by atoms with Gasteiger partial charge in [-0.1, -0.05) is 12.1 Å². The minimum atomic E-state index is 0.236. The lowest BCUT2D eigenvalue weighted by molar-refractivity contribution is -0.132. The van der Waals surface area contributed by atoms with Crippen molar-refractivity contribution in [3.8, 4) is 11.5 Å². The Morgan fingerprint density at radius 2 is 1.42 bits per heavy atom. The van der Waals surface area contributed by atoms with E-state index in [4.69, 9.17) is 9.47 Å². The average Bonchev–Trinajstić information content (AvgIpc) is 2.84. The standard InChI is InChI=1S/C24H32N4O3/c1-30-21-9-7-20(8-10-21)26-15-17-28(18-16-26)24(29)19-25-11-13-27(14-12-25)22-5-3-4-6-23(22)31-2/h3-10H,11-19H2,1-2H3. The summed E-state index contributed by atoms with van der Waals surface area (Å²) in [6, 6.07) is 16.3.